The Hall–Kier alpha value is -1.35. The maximum Gasteiger partial charge on any atom is 0.242 e. The van der Waals surface area contributed by atoms with Crippen LogP contribution in [0, 0.1) is 0 Å². The third-order valence-electron chi connectivity index (χ3n) is 2.74. The van der Waals surface area contributed by atoms with Crippen molar-refractivity contribution < 1.29 is 8.42 Å². The Morgan fingerprint density at radius 1 is 1.24 bits per heavy atom. The van der Waals surface area contributed by atoms with Crippen LogP contribution in [-0.2, 0) is 23.1 Å². The van der Waals surface area contributed by atoms with E-state index < -0.39 is 10.0 Å². The lowest BCUT2D eigenvalue weighted by molar-refractivity contribution is 0.579. The van der Waals surface area contributed by atoms with Gasteiger partial charge < -0.3 is 5.32 Å². The van der Waals surface area contributed by atoms with Crippen molar-refractivity contribution in [3.05, 3.63) is 52.3 Å². The van der Waals surface area contributed by atoms with Crippen LogP contribution in [0.2, 0.25) is 0 Å². The predicted molar refractivity (Wildman–Crippen MR) is 83.0 cm³/mol. The first kappa shape index (κ1) is 16.0. The van der Waals surface area contributed by atoms with Gasteiger partial charge >= 0.3 is 0 Å². The van der Waals surface area contributed by atoms with E-state index in [0.717, 1.165) is 5.56 Å². The molecule has 0 atom stereocenters. The molecule has 1 heterocycles. The first-order valence-electron chi connectivity index (χ1n) is 6.22. The molecule has 0 bridgehead atoms. The molecule has 1 aromatic heterocycles. The summed E-state index contributed by atoms with van der Waals surface area (Å²) in [5.74, 6) is 0. The number of aromatic nitrogens is 2. The normalized spacial score (nSPS) is 11.5. The van der Waals surface area contributed by atoms with Gasteiger partial charge in [0.15, 0.2) is 0 Å². The van der Waals surface area contributed by atoms with Crippen LogP contribution in [0.25, 0.3) is 0 Å². The average molecular weight is 371 g/mol. The zero-order valence-corrected chi connectivity index (χ0v) is 13.8. The maximum atomic E-state index is 12.4. The van der Waals surface area contributed by atoms with Crippen LogP contribution in [0.15, 0.2) is 45.9 Å². The molecule has 0 aliphatic carbocycles. The van der Waals surface area contributed by atoms with Crippen molar-refractivity contribution >= 4 is 26.0 Å². The van der Waals surface area contributed by atoms with Crippen molar-refractivity contribution in [2.75, 3.05) is 7.05 Å². The third kappa shape index (κ3) is 4.31. The lowest BCUT2D eigenvalue weighted by atomic mass is 10.2. The van der Waals surface area contributed by atoms with Crippen molar-refractivity contribution in [1.82, 2.24) is 20.2 Å². The molecule has 2 rings (SSSR count). The van der Waals surface area contributed by atoms with Crippen LogP contribution in [0.3, 0.4) is 0 Å². The summed E-state index contributed by atoms with van der Waals surface area (Å²) in [5, 5.41) is 10.5. The summed E-state index contributed by atoms with van der Waals surface area (Å²) < 4.78 is 27.8. The van der Waals surface area contributed by atoms with Gasteiger partial charge in [0.1, 0.15) is 0 Å². The van der Waals surface area contributed by atoms with Crippen molar-refractivity contribution in [3.8, 4) is 0 Å². The van der Waals surface area contributed by atoms with Gasteiger partial charge in [0.25, 0.3) is 0 Å². The monoisotopic (exact) mass is 370 g/mol. The summed E-state index contributed by atoms with van der Waals surface area (Å²) in [7, 11) is -1.81. The van der Waals surface area contributed by atoms with Gasteiger partial charge in [-0.05, 0) is 52.8 Å². The van der Waals surface area contributed by atoms with Crippen LogP contribution in [0.4, 0.5) is 0 Å². The fraction of sp³-hybridized carbons (Fsp3) is 0.231. The topological polar surface area (TPSA) is 84.0 Å². The number of benzene rings is 1. The first-order valence-corrected chi connectivity index (χ1v) is 8.50. The molecule has 0 saturated heterocycles. The molecule has 8 heteroatoms. The second-order valence-electron chi connectivity index (χ2n) is 4.33. The van der Waals surface area contributed by atoms with Crippen molar-refractivity contribution in [1.29, 1.82) is 0 Å². The molecule has 6 nitrogen and oxygen atoms in total. The molecular formula is C13H15BrN4O2S. The zero-order valence-electron chi connectivity index (χ0n) is 11.4. The smallest absolute Gasteiger partial charge is 0.242 e. The molecule has 0 amide bonds. The van der Waals surface area contributed by atoms with Crippen LogP contribution >= 0.6 is 15.9 Å². The largest absolute Gasteiger partial charge is 0.316 e. The lowest BCUT2D eigenvalue weighted by Gasteiger charge is -2.10. The van der Waals surface area contributed by atoms with Crippen molar-refractivity contribution in [2.24, 2.45) is 0 Å². The van der Waals surface area contributed by atoms with E-state index in [1.807, 2.05) is 13.1 Å². The molecule has 21 heavy (non-hydrogen) atoms. The van der Waals surface area contributed by atoms with Gasteiger partial charge in [-0.25, -0.2) is 13.1 Å². The highest BCUT2D eigenvalue weighted by Crippen LogP contribution is 2.23. The number of hydrogen-bond donors (Lipinski definition) is 2. The van der Waals surface area contributed by atoms with E-state index in [0.29, 0.717) is 16.7 Å². The Bertz CT molecular complexity index is 707. The number of rotatable bonds is 6. The van der Waals surface area contributed by atoms with E-state index in [1.54, 1.807) is 24.3 Å². The molecular weight excluding hydrogens is 356 g/mol. The number of hydrogen-bond acceptors (Lipinski definition) is 5. The quantitative estimate of drug-likeness (QED) is 0.803. The highest BCUT2D eigenvalue weighted by molar-refractivity contribution is 9.10. The molecule has 0 spiro atoms. The van der Waals surface area contributed by atoms with Crippen LogP contribution in [0.5, 0.6) is 0 Å². The molecule has 0 saturated carbocycles. The number of sulfonamides is 1. The summed E-state index contributed by atoms with van der Waals surface area (Å²) in [4.78, 5) is 0.208. The SMILES string of the molecule is CNCc1ccc(Br)c(S(=O)(=O)NCc2cccnn2)c1. The summed E-state index contributed by atoms with van der Waals surface area (Å²) in [6.45, 7) is 0.693. The minimum atomic E-state index is -3.62. The molecule has 0 radical (unpaired) electrons. The van der Waals surface area contributed by atoms with Crippen LogP contribution in [0.1, 0.15) is 11.3 Å². The van der Waals surface area contributed by atoms with E-state index in [9.17, 15) is 8.42 Å². The minimum Gasteiger partial charge on any atom is -0.316 e. The standard InChI is InChI=1S/C13H15BrN4O2S/c1-15-8-10-4-5-12(14)13(7-10)21(19,20)17-9-11-3-2-6-16-18-11/h2-7,15,17H,8-9H2,1H3. The van der Waals surface area contributed by atoms with E-state index in [1.165, 1.54) is 6.20 Å². The summed E-state index contributed by atoms with van der Waals surface area (Å²) in [6, 6.07) is 8.65. The van der Waals surface area contributed by atoms with Crippen LogP contribution in [-0.4, -0.2) is 25.7 Å². The summed E-state index contributed by atoms with van der Waals surface area (Å²) >= 11 is 3.28. The molecule has 2 N–H and O–H groups in total. The Morgan fingerprint density at radius 2 is 2.05 bits per heavy atom. The molecule has 0 aliphatic heterocycles. The van der Waals surface area contributed by atoms with Crippen molar-refractivity contribution in [3.63, 3.8) is 0 Å². The van der Waals surface area contributed by atoms with Crippen molar-refractivity contribution in [2.45, 2.75) is 18.0 Å². The van der Waals surface area contributed by atoms with Gasteiger partial charge in [-0.1, -0.05) is 6.07 Å². The van der Waals surface area contributed by atoms with Gasteiger partial charge in [0, 0.05) is 17.2 Å². The molecule has 0 aliphatic rings. The molecule has 0 fully saturated rings. The Morgan fingerprint density at radius 3 is 2.71 bits per heavy atom. The van der Waals surface area contributed by atoms with E-state index in [-0.39, 0.29) is 11.4 Å². The zero-order chi connectivity index (χ0) is 15.3. The Labute approximate surface area is 132 Å². The highest BCUT2D eigenvalue weighted by Gasteiger charge is 2.18. The third-order valence-corrected chi connectivity index (χ3v) is 5.13. The van der Waals surface area contributed by atoms with Gasteiger partial charge in [-0.3, -0.25) is 0 Å². The molecule has 0 unspecified atom stereocenters. The highest BCUT2D eigenvalue weighted by atomic mass is 79.9. The minimum absolute atomic E-state index is 0.0961. The van der Waals surface area contributed by atoms with Gasteiger partial charge in [0.05, 0.1) is 17.1 Å². The van der Waals surface area contributed by atoms with E-state index in [4.69, 9.17) is 0 Å². The van der Waals surface area contributed by atoms with E-state index in [2.05, 4.69) is 36.2 Å². The number of nitrogens with zero attached hydrogens (tertiary/aromatic N) is 2. The predicted octanol–water partition coefficient (Wildman–Crippen LogP) is 1.44. The number of nitrogens with one attached hydrogen (secondary N) is 2. The number of halogens is 1. The van der Waals surface area contributed by atoms with E-state index >= 15 is 0 Å². The summed E-state index contributed by atoms with van der Waals surface area (Å²) in [6.07, 6.45) is 1.54. The first-order chi connectivity index (χ1) is 10.0. The van der Waals surface area contributed by atoms with Crippen LogP contribution < -0.4 is 10.0 Å². The maximum absolute atomic E-state index is 12.4. The fourth-order valence-corrected chi connectivity index (χ4v) is 3.75. The average Bonchev–Trinajstić information content (AvgIpc) is 2.48. The lowest BCUT2D eigenvalue weighted by Crippen LogP contribution is -2.24. The fourth-order valence-electron chi connectivity index (χ4n) is 1.74. The van der Waals surface area contributed by atoms with Gasteiger partial charge in [-0.15, -0.1) is 0 Å². The Kier molecular flexibility index (Phi) is 5.40. The molecule has 2 aromatic rings. The summed E-state index contributed by atoms with van der Waals surface area (Å²) in [5.41, 5.74) is 1.45. The van der Waals surface area contributed by atoms with Gasteiger partial charge in [0.2, 0.25) is 10.0 Å². The molecule has 1 aromatic carbocycles. The van der Waals surface area contributed by atoms with Gasteiger partial charge in [-0.2, -0.15) is 10.2 Å². The Balaban J connectivity index is 2.21. The second kappa shape index (κ2) is 7.08. The second-order valence-corrected chi connectivity index (χ2v) is 6.92. The molecule has 112 valence electrons.